The summed E-state index contributed by atoms with van der Waals surface area (Å²) in [4.78, 5) is 8.68. The van der Waals surface area contributed by atoms with Crippen LogP contribution in [-0.4, -0.2) is 47.0 Å². The average Bonchev–Trinajstić information content (AvgIpc) is 2.84. The van der Waals surface area contributed by atoms with Crippen LogP contribution in [0, 0.1) is 0 Å². The Morgan fingerprint density at radius 3 is 3.00 bits per heavy atom. The topological polar surface area (TPSA) is 87.8 Å². The number of anilines is 2. The van der Waals surface area contributed by atoms with Crippen molar-refractivity contribution >= 4 is 22.8 Å². The van der Waals surface area contributed by atoms with Gasteiger partial charge in [-0.1, -0.05) is 0 Å². The Kier molecular flexibility index (Phi) is 3.93. The van der Waals surface area contributed by atoms with Crippen LogP contribution in [-0.2, 0) is 4.74 Å². The van der Waals surface area contributed by atoms with Gasteiger partial charge in [-0.05, 0) is 13.3 Å². The van der Waals surface area contributed by atoms with Crippen molar-refractivity contribution in [2.45, 2.75) is 19.4 Å². The largest absolute Gasteiger partial charge is 0.385 e. The molecule has 98 valence electrons. The van der Waals surface area contributed by atoms with Gasteiger partial charge in [0.15, 0.2) is 5.65 Å². The second-order valence-corrected chi connectivity index (χ2v) is 4.10. The molecule has 0 amide bonds. The molecule has 0 aliphatic rings. The molecule has 0 aliphatic heterocycles. The second-order valence-electron chi connectivity index (χ2n) is 4.10. The molecule has 1 unspecified atom stereocenters. The Morgan fingerprint density at radius 1 is 1.44 bits per heavy atom. The van der Waals surface area contributed by atoms with Crippen molar-refractivity contribution in [3.63, 3.8) is 0 Å². The Labute approximate surface area is 105 Å². The molecule has 18 heavy (non-hydrogen) atoms. The zero-order valence-corrected chi connectivity index (χ0v) is 10.8. The number of ether oxygens (including phenoxy) is 1. The Morgan fingerprint density at radius 2 is 2.28 bits per heavy atom. The highest BCUT2D eigenvalue weighted by atomic mass is 16.5. The fourth-order valence-corrected chi connectivity index (χ4v) is 1.66. The Bertz CT molecular complexity index is 511. The summed E-state index contributed by atoms with van der Waals surface area (Å²) >= 11 is 0. The van der Waals surface area contributed by atoms with Gasteiger partial charge in [-0.25, -0.2) is 0 Å². The molecule has 1 atom stereocenters. The fraction of sp³-hybridized carbons (Fsp3) is 0.545. The zero-order valence-electron chi connectivity index (χ0n) is 10.8. The van der Waals surface area contributed by atoms with Crippen LogP contribution >= 0.6 is 0 Å². The van der Waals surface area contributed by atoms with Gasteiger partial charge in [-0.15, -0.1) is 0 Å². The average molecular weight is 250 g/mol. The number of aromatic amines is 1. The lowest BCUT2D eigenvalue weighted by Gasteiger charge is -2.15. The highest BCUT2D eigenvalue weighted by Crippen LogP contribution is 2.20. The standard InChI is InChI=1S/C11H18N6O/c1-7(4-5-18-3)14-9-8-6-13-17-10(8)16-11(12-2)15-9/h6-7H,4-5H2,1-3H3,(H3,12,13,14,15,16,17). The highest BCUT2D eigenvalue weighted by Gasteiger charge is 2.11. The first kappa shape index (κ1) is 12.6. The number of fused-ring (bicyclic) bond motifs is 1. The first-order chi connectivity index (χ1) is 8.74. The lowest BCUT2D eigenvalue weighted by Crippen LogP contribution is -2.18. The third kappa shape index (κ3) is 2.67. The predicted octanol–water partition coefficient (Wildman–Crippen LogP) is 1.23. The summed E-state index contributed by atoms with van der Waals surface area (Å²) in [5.74, 6) is 1.34. The van der Waals surface area contributed by atoms with Gasteiger partial charge in [0.1, 0.15) is 5.82 Å². The maximum absolute atomic E-state index is 5.06. The number of H-pyrrole nitrogens is 1. The van der Waals surface area contributed by atoms with Crippen LogP contribution in [0.25, 0.3) is 11.0 Å². The number of nitrogens with zero attached hydrogens (tertiary/aromatic N) is 3. The van der Waals surface area contributed by atoms with E-state index in [1.54, 1.807) is 20.4 Å². The van der Waals surface area contributed by atoms with Gasteiger partial charge in [0.25, 0.3) is 0 Å². The monoisotopic (exact) mass is 250 g/mol. The molecule has 0 aromatic carbocycles. The molecule has 0 spiro atoms. The molecule has 7 heteroatoms. The smallest absolute Gasteiger partial charge is 0.226 e. The molecule has 2 aromatic heterocycles. The zero-order chi connectivity index (χ0) is 13.0. The molecule has 0 radical (unpaired) electrons. The van der Waals surface area contributed by atoms with E-state index in [4.69, 9.17) is 4.74 Å². The van der Waals surface area contributed by atoms with E-state index >= 15 is 0 Å². The summed E-state index contributed by atoms with van der Waals surface area (Å²) in [5.41, 5.74) is 0.718. The van der Waals surface area contributed by atoms with E-state index in [0.29, 0.717) is 12.6 Å². The summed E-state index contributed by atoms with van der Waals surface area (Å²) in [5, 5.41) is 14.0. The third-order valence-electron chi connectivity index (χ3n) is 2.67. The summed E-state index contributed by atoms with van der Waals surface area (Å²) in [6.45, 7) is 2.80. The molecule has 2 heterocycles. The van der Waals surface area contributed by atoms with E-state index in [-0.39, 0.29) is 6.04 Å². The van der Waals surface area contributed by atoms with Gasteiger partial charge in [-0.2, -0.15) is 15.1 Å². The molecule has 0 saturated carbocycles. The van der Waals surface area contributed by atoms with Crippen molar-refractivity contribution in [2.24, 2.45) is 0 Å². The van der Waals surface area contributed by atoms with Crippen molar-refractivity contribution in [3.05, 3.63) is 6.20 Å². The van der Waals surface area contributed by atoms with E-state index in [2.05, 4.69) is 37.7 Å². The minimum atomic E-state index is 0.266. The van der Waals surface area contributed by atoms with Gasteiger partial charge in [0.05, 0.1) is 11.6 Å². The maximum atomic E-state index is 5.06. The van der Waals surface area contributed by atoms with Crippen LogP contribution in [0.2, 0.25) is 0 Å². The highest BCUT2D eigenvalue weighted by molar-refractivity contribution is 5.87. The number of hydrogen-bond donors (Lipinski definition) is 3. The lowest BCUT2D eigenvalue weighted by atomic mass is 10.2. The van der Waals surface area contributed by atoms with Crippen LogP contribution in [0.1, 0.15) is 13.3 Å². The van der Waals surface area contributed by atoms with Gasteiger partial charge < -0.3 is 15.4 Å². The van der Waals surface area contributed by atoms with Gasteiger partial charge in [0, 0.05) is 26.8 Å². The van der Waals surface area contributed by atoms with Gasteiger partial charge in [-0.3, -0.25) is 5.10 Å². The van der Waals surface area contributed by atoms with Crippen LogP contribution in [0.3, 0.4) is 0 Å². The quantitative estimate of drug-likeness (QED) is 0.714. The van der Waals surface area contributed by atoms with Crippen LogP contribution in [0.5, 0.6) is 0 Å². The van der Waals surface area contributed by atoms with Crippen molar-refractivity contribution in [1.82, 2.24) is 20.2 Å². The van der Waals surface area contributed by atoms with Gasteiger partial charge in [0.2, 0.25) is 5.95 Å². The molecule has 0 aliphatic carbocycles. The van der Waals surface area contributed by atoms with Gasteiger partial charge >= 0.3 is 0 Å². The van der Waals surface area contributed by atoms with E-state index in [9.17, 15) is 0 Å². The number of aromatic nitrogens is 4. The first-order valence-electron chi connectivity index (χ1n) is 5.89. The van der Waals surface area contributed by atoms with E-state index < -0.39 is 0 Å². The van der Waals surface area contributed by atoms with Crippen molar-refractivity contribution < 1.29 is 4.74 Å². The summed E-state index contributed by atoms with van der Waals surface area (Å²) in [7, 11) is 3.49. The van der Waals surface area contributed by atoms with E-state index in [0.717, 1.165) is 23.3 Å². The molecule has 0 saturated heterocycles. The minimum Gasteiger partial charge on any atom is -0.385 e. The number of methoxy groups -OCH3 is 1. The molecule has 3 N–H and O–H groups in total. The predicted molar refractivity (Wildman–Crippen MR) is 70.8 cm³/mol. The van der Waals surface area contributed by atoms with Crippen molar-refractivity contribution in [2.75, 3.05) is 31.4 Å². The van der Waals surface area contributed by atoms with Crippen LogP contribution in [0.15, 0.2) is 6.20 Å². The summed E-state index contributed by atoms with van der Waals surface area (Å²) in [6.07, 6.45) is 2.63. The van der Waals surface area contributed by atoms with Crippen LogP contribution in [0.4, 0.5) is 11.8 Å². The number of hydrogen-bond acceptors (Lipinski definition) is 6. The molecular formula is C11H18N6O. The minimum absolute atomic E-state index is 0.266. The fourth-order valence-electron chi connectivity index (χ4n) is 1.66. The molecule has 2 aromatic rings. The number of nitrogens with one attached hydrogen (secondary N) is 3. The SMILES string of the molecule is CNc1nc(NC(C)CCOC)c2cn[nH]c2n1. The maximum Gasteiger partial charge on any atom is 0.226 e. The third-order valence-corrected chi connectivity index (χ3v) is 2.67. The second kappa shape index (κ2) is 5.63. The summed E-state index contributed by atoms with van der Waals surface area (Å²) < 4.78 is 5.06. The van der Waals surface area contributed by atoms with Crippen LogP contribution < -0.4 is 10.6 Å². The Hall–Kier alpha value is -1.89. The lowest BCUT2D eigenvalue weighted by molar-refractivity contribution is 0.191. The summed E-state index contributed by atoms with van der Waals surface area (Å²) in [6, 6.07) is 0.266. The van der Waals surface area contributed by atoms with E-state index in [1.807, 2.05) is 0 Å². The molecular weight excluding hydrogens is 232 g/mol. The first-order valence-corrected chi connectivity index (χ1v) is 5.89. The number of rotatable bonds is 6. The molecule has 0 fully saturated rings. The normalized spacial score (nSPS) is 12.6. The Balaban J connectivity index is 2.22. The van der Waals surface area contributed by atoms with Crippen molar-refractivity contribution in [3.8, 4) is 0 Å². The molecule has 0 bridgehead atoms. The van der Waals surface area contributed by atoms with E-state index in [1.165, 1.54) is 0 Å². The van der Waals surface area contributed by atoms with Crippen molar-refractivity contribution in [1.29, 1.82) is 0 Å². The molecule has 2 rings (SSSR count). The molecule has 7 nitrogen and oxygen atoms in total.